The molecule has 0 aromatic carbocycles. The van der Waals surface area contributed by atoms with E-state index in [0.29, 0.717) is 25.7 Å². The van der Waals surface area contributed by atoms with Crippen LogP contribution < -0.4 is 0 Å². The molecular formula is C81H142O17P2. The second-order valence-electron chi connectivity index (χ2n) is 26.2. The van der Waals surface area contributed by atoms with E-state index in [1.807, 2.05) is 0 Å². The van der Waals surface area contributed by atoms with Gasteiger partial charge in [-0.1, -0.05) is 292 Å². The highest BCUT2D eigenvalue weighted by Gasteiger charge is 2.30. The summed E-state index contributed by atoms with van der Waals surface area (Å²) < 4.78 is 68.5. The Morgan fingerprint density at radius 2 is 0.530 bits per heavy atom. The van der Waals surface area contributed by atoms with Crippen LogP contribution in [0.15, 0.2) is 97.2 Å². The van der Waals surface area contributed by atoms with Gasteiger partial charge in [0, 0.05) is 25.7 Å². The van der Waals surface area contributed by atoms with Gasteiger partial charge >= 0.3 is 39.5 Å². The lowest BCUT2D eigenvalue weighted by atomic mass is 10.0. The Hall–Kier alpha value is -4.02. The second kappa shape index (κ2) is 73.3. The van der Waals surface area contributed by atoms with E-state index in [0.717, 1.165) is 193 Å². The Morgan fingerprint density at radius 3 is 0.840 bits per heavy atom. The number of phosphoric acid groups is 2. The number of esters is 4. The normalized spacial score (nSPS) is 14.4. The molecule has 19 heteroatoms. The van der Waals surface area contributed by atoms with E-state index in [1.165, 1.54) is 64.2 Å². The van der Waals surface area contributed by atoms with Crippen molar-refractivity contribution in [3.63, 3.8) is 0 Å². The summed E-state index contributed by atoms with van der Waals surface area (Å²) in [7, 11) is -9.95. The van der Waals surface area contributed by atoms with Gasteiger partial charge in [0.2, 0.25) is 0 Å². The zero-order valence-corrected chi connectivity index (χ0v) is 64.9. The van der Waals surface area contributed by atoms with Gasteiger partial charge in [-0.2, -0.15) is 0 Å². The third kappa shape index (κ3) is 72.3. The van der Waals surface area contributed by atoms with E-state index in [4.69, 9.17) is 37.0 Å². The van der Waals surface area contributed by atoms with Crippen LogP contribution in [-0.2, 0) is 65.4 Å². The molecule has 17 nitrogen and oxygen atoms in total. The van der Waals surface area contributed by atoms with Gasteiger partial charge in [-0.05, 0) is 116 Å². The monoisotopic (exact) mass is 1450 g/mol. The van der Waals surface area contributed by atoms with Crippen LogP contribution in [0.3, 0.4) is 0 Å². The summed E-state index contributed by atoms with van der Waals surface area (Å²) in [6, 6.07) is 0. The van der Waals surface area contributed by atoms with E-state index >= 15 is 0 Å². The summed E-state index contributed by atoms with van der Waals surface area (Å²) in [6.07, 6.45) is 76.8. The number of carbonyl (C=O) groups excluding carboxylic acids is 4. The van der Waals surface area contributed by atoms with Crippen LogP contribution in [0.1, 0.15) is 336 Å². The van der Waals surface area contributed by atoms with Crippen molar-refractivity contribution >= 4 is 39.5 Å². The van der Waals surface area contributed by atoms with Gasteiger partial charge in [0.25, 0.3) is 0 Å². The van der Waals surface area contributed by atoms with Gasteiger partial charge in [0.1, 0.15) is 19.3 Å². The van der Waals surface area contributed by atoms with Crippen LogP contribution >= 0.6 is 15.6 Å². The second-order valence-corrected chi connectivity index (χ2v) is 29.2. The van der Waals surface area contributed by atoms with Crippen LogP contribution in [0.2, 0.25) is 0 Å². The Kier molecular flexibility index (Phi) is 70.4. The van der Waals surface area contributed by atoms with E-state index < -0.39 is 97.5 Å². The number of rotatable bonds is 74. The zero-order valence-electron chi connectivity index (χ0n) is 63.1. The molecule has 0 saturated heterocycles. The number of phosphoric ester groups is 2. The van der Waals surface area contributed by atoms with Gasteiger partial charge in [-0.15, -0.1) is 0 Å². The molecule has 5 atom stereocenters. The third-order valence-corrected chi connectivity index (χ3v) is 18.4. The Morgan fingerprint density at radius 1 is 0.290 bits per heavy atom. The van der Waals surface area contributed by atoms with Crippen molar-refractivity contribution in [3.8, 4) is 0 Å². The molecule has 0 spiro atoms. The quantitative estimate of drug-likeness (QED) is 0.0169. The first-order valence-corrected chi connectivity index (χ1v) is 42.5. The predicted octanol–water partition coefficient (Wildman–Crippen LogP) is 22.8. The van der Waals surface area contributed by atoms with Gasteiger partial charge in [-0.25, -0.2) is 9.13 Å². The smallest absolute Gasteiger partial charge is 0.462 e. The number of hydrogen-bond acceptors (Lipinski definition) is 15. The van der Waals surface area contributed by atoms with Crippen molar-refractivity contribution in [1.29, 1.82) is 0 Å². The lowest BCUT2D eigenvalue weighted by Gasteiger charge is -2.21. The lowest BCUT2D eigenvalue weighted by Crippen LogP contribution is -2.30. The van der Waals surface area contributed by atoms with E-state index in [-0.39, 0.29) is 25.7 Å². The fraction of sp³-hybridized carbons (Fsp3) is 0.753. The van der Waals surface area contributed by atoms with Crippen molar-refractivity contribution in [2.45, 2.75) is 354 Å². The minimum Gasteiger partial charge on any atom is -0.462 e. The summed E-state index contributed by atoms with van der Waals surface area (Å²) in [5, 5.41) is 10.6. The molecule has 0 aliphatic heterocycles. The SMILES string of the molecule is CC/C=C\C/C=C\C/C=C\C/C=C\CCCCCCCCC(=O)OCC(COP(=O)(O)OCC(O)COP(=O)(O)OCC(COC(=O)CCCCCCCCC/C=C\C/C=C\C/C=C\CC)OC(=O)CCCCCCCCCCCCCCC)OC(=O)CCCCCCC/C=C\CCCC. The van der Waals surface area contributed by atoms with Gasteiger partial charge in [-0.3, -0.25) is 37.3 Å². The van der Waals surface area contributed by atoms with Crippen molar-refractivity contribution in [3.05, 3.63) is 97.2 Å². The summed E-state index contributed by atoms with van der Waals surface area (Å²) in [6.45, 7) is 4.61. The molecular weight excluding hydrogens is 1310 g/mol. The van der Waals surface area contributed by atoms with E-state index in [9.17, 15) is 43.2 Å². The molecule has 0 amide bonds. The summed E-state index contributed by atoms with van der Waals surface area (Å²) >= 11 is 0. The number of aliphatic hydroxyl groups is 1. The summed E-state index contributed by atoms with van der Waals surface area (Å²) in [5.74, 6) is -2.19. The highest BCUT2D eigenvalue weighted by atomic mass is 31.2. The van der Waals surface area contributed by atoms with Crippen LogP contribution in [0, 0.1) is 0 Å². The highest BCUT2D eigenvalue weighted by Crippen LogP contribution is 2.45. The first kappa shape index (κ1) is 96.0. The maximum atomic E-state index is 13.1. The third-order valence-electron chi connectivity index (χ3n) is 16.5. The number of allylic oxidation sites excluding steroid dienone is 16. The fourth-order valence-corrected chi connectivity index (χ4v) is 12.1. The minimum absolute atomic E-state index is 0.0816. The predicted molar refractivity (Wildman–Crippen MR) is 409 cm³/mol. The highest BCUT2D eigenvalue weighted by molar-refractivity contribution is 7.47. The molecule has 0 rings (SSSR count). The average molecular weight is 1450 g/mol. The Labute approximate surface area is 607 Å². The van der Waals surface area contributed by atoms with Crippen molar-refractivity contribution in [2.24, 2.45) is 0 Å². The number of carbonyl (C=O) groups is 4. The topological polar surface area (TPSA) is 237 Å². The maximum absolute atomic E-state index is 13.1. The first-order chi connectivity index (χ1) is 48.7. The number of unbranched alkanes of at least 4 members (excludes halogenated alkanes) is 32. The standard InChI is InChI=1S/C81H142O17P2/c1-5-9-13-17-21-25-29-32-34-36-37-39-41-44-47-50-54-58-62-66-78(83)91-71-76(97-80(85)67-63-59-55-51-45-28-24-20-16-12-8-4)73-95-99(87,88)93-69-75(82)70-94-100(89,90)96-74-77(98-81(86)68-64-60-56-52-48-42-31-27-23-19-15-11-7-3)72-92-79(84)65-61-57-53-49-46-43-40-38-35-33-30-26-22-18-14-10-6-2/h9-10,13-14,20-22,24-26,32-35,37,39,75-77,82H,5-8,11-12,15-19,23,27-31,36,38,40-74H2,1-4H3,(H,87,88)(H,89,90)/b13-9-,14-10-,24-20-,25-21-,26-22-,34-32-,35-33-,39-37-. The van der Waals surface area contributed by atoms with Crippen LogP contribution in [0.5, 0.6) is 0 Å². The molecule has 100 heavy (non-hydrogen) atoms. The molecule has 0 saturated carbocycles. The molecule has 0 aromatic heterocycles. The van der Waals surface area contributed by atoms with E-state index in [1.54, 1.807) is 0 Å². The van der Waals surface area contributed by atoms with Crippen LogP contribution in [0.4, 0.5) is 0 Å². The zero-order chi connectivity index (χ0) is 73.2. The van der Waals surface area contributed by atoms with E-state index in [2.05, 4.69) is 125 Å². The van der Waals surface area contributed by atoms with Gasteiger partial charge < -0.3 is 33.8 Å². The van der Waals surface area contributed by atoms with Crippen molar-refractivity contribution in [1.82, 2.24) is 0 Å². The molecule has 0 aliphatic carbocycles. The van der Waals surface area contributed by atoms with Crippen LogP contribution in [-0.4, -0.2) is 96.7 Å². The lowest BCUT2D eigenvalue weighted by molar-refractivity contribution is -0.161. The van der Waals surface area contributed by atoms with Crippen LogP contribution in [0.25, 0.3) is 0 Å². The number of ether oxygens (including phenoxy) is 4. The molecule has 0 aliphatic rings. The molecule has 0 heterocycles. The first-order valence-electron chi connectivity index (χ1n) is 39.5. The Bertz CT molecular complexity index is 2270. The Balaban J connectivity index is 5.29. The molecule has 0 aromatic rings. The number of aliphatic hydroxyl groups excluding tert-OH is 1. The molecule has 5 unspecified atom stereocenters. The maximum Gasteiger partial charge on any atom is 0.472 e. The molecule has 0 bridgehead atoms. The molecule has 3 N–H and O–H groups in total. The average Bonchev–Trinajstić information content (AvgIpc) is 1.02. The van der Waals surface area contributed by atoms with Crippen molar-refractivity contribution < 1.29 is 80.2 Å². The minimum atomic E-state index is -4.98. The molecule has 0 radical (unpaired) electrons. The molecule has 0 fully saturated rings. The van der Waals surface area contributed by atoms with Gasteiger partial charge in [0.15, 0.2) is 12.2 Å². The summed E-state index contributed by atoms with van der Waals surface area (Å²) in [4.78, 5) is 72.9. The molecule has 578 valence electrons. The fourth-order valence-electron chi connectivity index (χ4n) is 10.6. The van der Waals surface area contributed by atoms with Crippen molar-refractivity contribution in [2.75, 3.05) is 39.6 Å². The largest absolute Gasteiger partial charge is 0.472 e. The van der Waals surface area contributed by atoms with Gasteiger partial charge in [0.05, 0.1) is 26.4 Å². The summed E-state index contributed by atoms with van der Waals surface area (Å²) in [5.41, 5.74) is 0. The number of hydrogen-bond donors (Lipinski definition) is 3.